The van der Waals surface area contributed by atoms with Gasteiger partial charge in [-0.2, -0.15) is 0 Å². The van der Waals surface area contributed by atoms with Crippen molar-refractivity contribution in [1.82, 2.24) is 19.4 Å². The van der Waals surface area contributed by atoms with E-state index in [-0.39, 0.29) is 5.91 Å². The molecule has 0 fully saturated rings. The predicted octanol–water partition coefficient (Wildman–Crippen LogP) is 3.54. The van der Waals surface area contributed by atoms with Crippen molar-refractivity contribution < 1.29 is 4.79 Å². The van der Waals surface area contributed by atoms with Gasteiger partial charge in [0.05, 0.1) is 11.1 Å². The van der Waals surface area contributed by atoms with Crippen LogP contribution in [-0.2, 0) is 19.9 Å². The van der Waals surface area contributed by atoms with Crippen LogP contribution in [0.3, 0.4) is 0 Å². The third-order valence-corrected chi connectivity index (χ3v) is 4.80. The number of hydrogen-bond donors (Lipinski definition) is 0. The summed E-state index contributed by atoms with van der Waals surface area (Å²) in [5.74, 6) is 1.09. The molecule has 0 aliphatic heterocycles. The lowest BCUT2D eigenvalue weighted by atomic mass is 10.0. The fraction of sp³-hybridized carbons (Fsp3) is 0.381. The van der Waals surface area contributed by atoms with Gasteiger partial charge in [-0.25, -0.2) is 4.98 Å². The Morgan fingerprint density at radius 3 is 2.77 bits per heavy atom. The number of rotatable bonds is 6. The Balaban J connectivity index is 1.78. The molecule has 0 N–H and O–H groups in total. The summed E-state index contributed by atoms with van der Waals surface area (Å²) in [6.07, 6.45) is 6.44. The van der Waals surface area contributed by atoms with Crippen molar-refractivity contribution in [2.75, 3.05) is 13.6 Å². The van der Waals surface area contributed by atoms with Gasteiger partial charge in [-0.3, -0.25) is 9.78 Å². The molecular weight excluding hydrogens is 324 g/mol. The number of carbonyl (C=O) groups excluding carboxylic acids is 1. The first kappa shape index (κ1) is 18.1. The number of fused-ring (bicyclic) bond motifs is 1. The molecule has 3 rings (SSSR count). The molecular formula is C21H26N4O. The topological polar surface area (TPSA) is 51.0 Å². The number of carbonyl (C=O) groups is 1. The van der Waals surface area contributed by atoms with Crippen molar-refractivity contribution in [2.45, 2.75) is 33.1 Å². The Labute approximate surface area is 154 Å². The summed E-state index contributed by atoms with van der Waals surface area (Å²) in [6, 6.07) is 8.09. The van der Waals surface area contributed by atoms with Gasteiger partial charge in [-0.15, -0.1) is 0 Å². The van der Waals surface area contributed by atoms with Crippen LogP contribution in [0, 0.1) is 6.92 Å². The van der Waals surface area contributed by atoms with Crippen LogP contribution in [0.4, 0.5) is 0 Å². The highest BCUT2D eigenvalue weighted by molar-refractivity contribution is 6.06. The van der Waals surface area contributed by atoms with Gasteiger partial charge in [0.1, 0.15) is 5.82 Å². The Bertz CT molecular complexity index is 929. The van der Waals surface area contributed by atoms with E-state index in [9.17, 15) is 4.79 Å². The minimum atomic E-state index is 0.0496. The van der Waals surface area contributed by atoms with Gasteiger partial charge in [0, 0.05) is 50.5 Å². The standard InChI is InChI=1S/C21H26N4O/c1-5-16-8-9-19-17(14-16)18(13-15(2)23-19)21(26)25(4)11-6-7-20-22-10-12-24(20)3/h8-10,12-14H,5-7,11H2,1-4H3. The Morgan fingerprint density at radius 1 is 1.27 bits per heavy atom. The average Bonchev–Trinajstić information content (AvgIpc) is 3.04. The van der Waals surface area contributed by atoms with Gasteiger partial charge in [0.25, 0.3) is 5.91 Å². The van der Waals surface area contributed by atoms with E-state index < -0.39 is 0 Å². The summed E-state index contributed by atoms with van der Waals surface area (Å²) in [7, 11) is 3.86. The Kier molecular flexibility index (Phi) is 5.35. The summed E-state index contributed by atoms with van der Waals surface area (Å²) in [6.45, 7) is 4.75. The monoisotopic (exact) mass is 350 g/mol. The van der Waals surface area contributed by atoms with Crippen LogP contribution in [0.5, 0.6) is 0 Å². The van der Waals surface area contributed by atoms with Crippen LogP contribution < -0.4 is 0 Å². The maximum Gasteiger partial charge on any atom is 0.254 e. The van der Waals surface area contributed by atoms with Crippen molar-refractivity contribution >= 4 is 16.8 Å². The molecule has 0 aliphatic carbocycles. The van der Waals surface area contributed by atoms with Gasteiger partial charge >= 0.3 is 0 Å². The summed E-state index contributed by atoms with van der Waals surface area (Å²) in [5, 5.41) is 0.941. The zero-order valence-corrected chi connectivity index (χ0v) is 16.0. The maximum atomic E-state index is 13.0. The normalized spacial score (nSPS) is 11.1. The molecule has 5 nitrogen and oxygen atoms in total. The van der Waals surface area contributed by atoms with E-state index in [1.165, 1.54) is 5.56 Å². The number of amides is 1. The molecule has 0 atom stereocenters. The molecule has 26 heavy (non-hydrogen) atoms. The first-order valence-electron chi connectivity index (χ1n) is 9.11. The summed E-state index contributed by atoms with van der Waals surface area (Å²) in [5.41, 5.74) is 3.70. The van der Waals surface area contributed by atoms with Crippen LogP contribution in [0.2, 0.25) is 0 Å². The number of aromatic nitrogens is 3. The second-order valence-electron chi connectivity index (χ2n) is 6.80. The van der Waals surface area contributed by atoms with Gasteiger partial charge in [0.2, 0.25) is 0 Å². The van der Waals surface area contributed by atoms with E-state index >= 15 is 0 Å². The molecule has 0 bridgehead atoms. The van der Waals surface area contributed by atoms with Gasteiger partial charge in [-0.1, -0.05) is 13.0 Å². The van der Waals surface area contributed by atoms with E-state index in [4.69, 9.17) is 0 Å². The quantitative estimate of drug-likeness (QED) is 0.683. The molecule has 0 spiro atoms. The highest BCUT2D eigenvalue weighted by Gasteiger charge is 2.16. The van der Waals surface area contributed by atoms with Crippen LogP contribution in [0.1, 0.15) is 40.8 Å². The highest BCUT2D eigenvalue weighted by atomic mass is 16.2. The number of pyridine rings is 1. The zero-order chi connectivity index (χ0) is 18.7. The van der Waals surface area contributed by atoms with Crippen LogP contribution >= 0.6 is 0 Å². The van der Waals surface area contributed by atoms with E-state index in [1.807, 2.05) is 43.9 Å². The van der Waals surface area contributed by atoms with E-state index in [2.05, 4.69) is 29.0 Å². The molecule has 3 aromatic rings. The lowest BCUT2D eigenvalue weighted by Crippen LogP contribution is -2.28. The molecule has 0 saturated heterocycles. The summed E-state index contributed by atoms with van der Waals surface area (Å²) in [4.78, 5) is 23.8. The Hall–Kier alpha value is -2.69. The van der Waals surface area contributed by atoms with Crippen molar-refractivity contribution in [3.05, 3.63) is 59.3 Å². The molecule has 1 amide bonds. The lowest BCUT2D eigenvalue weighted by molar-refractivity contribution is 0.0795. The largest absolute Gasteiger partial charge is 0.342 e. The fourth-order valence-electron chi connectivity index (χ4n) is 3.22. The molecule has 0 unspecified atom stereocenters. The molecule has 0 radical (unpaired) electrons. The average molecular weight is 350 g/mol. The molecule has 2 aromatic heterocycles. The van der Waals surface area contributed by atoms with Crippen molar-refractivity contribution in [2.24, 2.45) is 7.05 Å². The number of aryl methyl sites for hydroxylation is 4. The van der Waals surface area contributed by atoms with E-state index in [0.717, 1.165) is 47.2 Å². The molecule has 0 aliphatic rings. The van der Waals surface area contributed by atoms with E-state index in [0.29, 0.717) is 6.54 Å². The van der Waals surface area contributed by atoms with E-state index in [1.54, 1.807) is 11.1 Å². The van der Waals surface area contributed by atoms with Crippen molar-refractivity contribution in [3.63, 3.8) is 0 Å². The maximum absolute atomic E-state index is 13.0. The minimum absolute atomic E-state index is 0.0496. The number of hydrogen-bond acceptors (Lipinski definition) is 3. The fourth-order valence-corrected chi connectivity index (χ4v) is 3.22. The first-order valence-corrected chi connectivity index (χ1v) is 9.11. The molecule has 2 heterocycles. The second kappa shape index (κ2) is 7.68. The minimum Gasteiger partial charge on any atom is -0.342 e. The number of benzene rings is 1. The zero-order valence-electron chi connectivity index (χ0n) is 16.0. The molecule has 1 aromatic carbocycles. The Morgan fingerprint density at radius 2 is 2.08 bits per heavy atom. The van der Waals surface area contributed by atoms with Gasteiger partial charge in [0.15, 0.2) is 0 Å². The summed E-state index contributed by atoms with van der Waals surface area (Å²) >= 11 is 0. The van der Waals surface area contributed by atoms with Crippen LogP contribution in [-0.4, -0.2) is 38.9 Å². The lowest BCUT2D eigenvalue weighted by Gasteiger charge is -2.19. The van der Waals surface area contributed by atoms with Crippen LogP contribution in [0.25, 0.3) is 10.9 Å². The third-order valence-electron chi connectivity index (χ3n) is 4.80. The summed E-state index contributed by atoms with van der Waals surface area (Å²) < 4.78 is 2.02. The molecule has 136 valence electrons. The highest BCUT2D eigenvalue weighted by Crippen LogP contribution is 2.22. The molecule has 5 heteroatoms. The van der Waals surface area contributed by atoms with Gasteiger partial charge < -0.3 is 9.47 Å². The third kappa shape index (κ3) is 3.77. The second-order valence-corrected chi connectivity index (χ2v) is 6.80. The predicted molar refractivity (Wildman–Crippen MR) is 104 cm³/mol. The number of imidazole rings is 1. The SMILES string of the molecule is CCc1ccc2nc(C)cc(C(=O)N(C)CCCc3nccn3C)c2c1. The first-order chi connectivity index (χ1) is 12.5. The number of nitrogens with zero attached hydrogens (tertiary/aromatic N) is 4. The van der Waals surface area contributed by atoms with Crippen molar-refractivity contribution in [3.8, 4) is 0 Å². The van der Waals surface area contributed by atoms with Gasteiger partial charge in [-0.05, 0) is 43.5 Å². The smallest absolute Gasteiger partial charge is 0.254 e. The van der Waals surface area contributed by atoms with Crippen molar-refractivity contribution in [1.29, 1.82) is 0 Å². The molecule has 0 saturated carbocycles. The van der Waals surface area contributed by atoms with Crippen LogP contribution in [0.15, 0.2) is 36.7 Å².